The van der Waals surface area contributed by atoms with Crippen molar-refractivity contribution in [3.8, 4) is 0 Å². The minimum atomic E-state index is -0.502. The number of carbonyl (C=O) groups excluding carboxylic acids is 3. The van der Waals surface area contributed by atoms with Crippen molar-refractivity contribution in [2.75, 3.05) is 6.54 Å². The van der Waals surface area contributed by atoms with Crippen LogP contribution in [0.25, 0.3) is 0 Å². The molecular weight excluding hydrogens is 475 g/mol. The lowest BCUT2D eigenvalue weighted by Gasteiger charge is -2.31. The van der Waals surface area contributed by atoms with Crippen molar-refractivity contribution < 1.29 is 18.8 Å². The number of rotatable bonds is 5. The second-order valence-electron chi connectivity index (χ2n) is 7.99. The number of imide groups is 1. The molecule has 0 fully saturated rings. The van der Waals surface area contributed by atoms with Crippen molar-refractivity contribution in [1.29, 1.82) is 0 Å². The minimum absolute atomic E-state index is 0.0315. The molecule has 7 heteroatoms. The first-order chi connectivity index (χ1) is 15.4. The molecule has 0 bridgehead atoms. The first-order valence-corrected chi connectivity index (χ1v) is 11.0. The summed E-state index contributed by atoms with van der Waals surface area (Å²) >= 11 is 3.44. The van der Waals surface area contributed by atoms with Crippen LogP contribution in [-0.2, 0) is 13.0 Å². The highest BCUT2D eigenvalue weighted by Gasteiger charge is 2.40. The molecular formula is C25H18BrFN2O3. The molecule has 0 aliphatic carbocycles. The van der Waals surface area contributed by atoms with Crippen LogP contribution in [-0.4, -0.2) is 40.1 Å². The molecule has 0 saturated heterocycles. The lowest BCUT2D eigenvalue weighted by atomic mass is 10.0. The fourth-order valence-electron chi connectivity index (χ4n) is 4.43. The van der Waals surface area contributed by atoms with Gasteiger partial charge in [-0.2, -0.15) is 0 Å². The maximum Gasteiger partial charge on any atom is 0.261 e. The molecule has 3 amide bonds. The van der Waals surface area contributed by atoms with E-state index in [-0.39, 0.29) is 30.1 Å². The second-order valence-corrected chi connectivity index (χ2v) is 8.90. The highest BCUT2D eigenvalue weighted by atomic mass is 79.9. The van der Waals surface area contributed by atoms with E-state index in [1.165, 1.54) is 17.0 Å². The van der Waals surface area contributed by atoms with Crippen molar-refractivity contribution in [1.82, 2.24) is 9.80 Å². The van der Waals surface area contributed by atoms with Gasteiger partial charge in [-0.25, -0.2) is 4.39 Å². The summed E-state index contributed by atoms with van der Waals surface area (Å²) in [5.74, 6) is -1.28. The SMILES string of the molecule is O=C1c2ccccc2C(=O)N1C[C@H](Cc1cccc(F)c1)N1Cc2cc(Br)ccc2C1=O. The fourth-order valence-corrected chi connectivity index (χ4v) is 4.84. The summed E-state index contributed by atoms with van der Waals surface area (Å²) in [6.45, 7) is 0.389. The first kappa shape index (κ1) is 20.6. The quantitative estimate of drug-likeness (QED) is 0.494. The van der Waals surface area contributed by atoms with Crippen molar-refractivity contribution >= 4 is 33.7 Å². The molecule has 0 unspecified atom stereocenters. The van der Waals surface area contributed by atoms with Crippen LogP contribution in [0.4, 0.5) is 4.39 Å². The fraction of sp³-hybridized carbons (Fsp3) is 0.160. The average molecular weight is 493 g/mol. The lowest BCUT2D eigenvalue weighted by Crippen LogP contribution is -2.47. The molecule has 160 valence electrons. The Morgan fingerprint density at radius 1 is 0.844 bits per heavy atom. The Morgan fingerprint density at radius 2 is 1.56 bits per heavy atom. The number of hydrogen-bond acceptors (Lipinski definition) is 3. The molecule has 32 heavy (non-hydrogen) atoms. The zero-order valence-electron chi connectivity index (χ0n) is 16.9. The van der Waals surface area contributed by atoms with E-state index in [1.807, 2.05) is 12.1 Å². The van der Waals surface area contributed by atoms with E-state index in [0.717, 1.165) is 10.0 Å². The summed E-state index contributed by atoms with van der Waals surface area (Å²) in [4.78, 5) is 42.0. The normalized spacial score (nSPS) is 15.9. The standard InChI is InChI=1S/C25H18BrFN2O3/c26-17-8-9-20-16(12-17)13-28(23(20)30)19(11-15-4-3-5-18(27)10-15)14-29-24(31)21-6-1-2-7-22(21)25(29)32/h1-10,12,19H,11,13-14H2/t19-/m0/s1. The molecule has 2 aliphatic heterocycles. The Kier molecular flexibility index (Phi) is 5.13. The average Bonchev–Trinajstić information content (AvgIpc) is 3.22. The van der Waals surface area contributed by atoms with Gasteiger partial charge in [-0.15, -0.1) is 0 Å². The van der Waals surface area contributed by atoms with Crippen LogP contribution in [0.3, 0.4) is 0 Å². The maximum absolute atomic E-state index is 13.8. The van der Waals surface area contributed by atoms with Gasteiger partial charge < -0.3 is 4.90 Å². The van der Waals surface area contributed by atoms with Crippen molar-refractivity contribution in [2.24, 2.45) is 0 Å². The highest BCUT2D eigenvalue weighted by molar-refractivity contribution is 9.10. The molecule has 5 rings (SSSR count). The van der Waals surface area contributed by atoms with Crippen molar-refractivity contribution in [3.63, 3.8) is 0 Å². The Hall–Kier alpha value is -3.32. The van der Waals surface area contributed by atoms with E-state index >= 15 is 0 Å². The monoisotopic (exact) mass is 492 g/mol. The van der Waals surface area contributed by atoms with Gasteiger partial charge in [-0.05, 0) is 60.0 Å². The molecule has 5 nitrogen and oxygen atoms in total. The molecule has 0 saturated carbocycles. The van der Waals surface area contributed by atoms with E-state index in [0.29, 0.717) is 35.2 Å². The van der Waals surface area contributed by atoms with Crippen LogP contribution >= 0.6 is 15.9 Å². The molecule has 2 aliphatic rings. The van der Waals surface area contributed by atoms with Crippen LogP contribution in [0.5, 0.6) is 0 Å². The summed E-state index contributed by atoms with van der Waals surface area (Å²) in [7, 11) is 0. The summed E-state index contributed by atoms with van der Waals surface area (Å²) in [6, 6.07) is 17.8. The summed E-state index contributed by atoms with van der Waals surface area (Å²) < 4.78 is 14.7. The van der Waals surface area contributed by atoms with Gasteiger partial charge in [0.25, 0.3) is 17.7 Å². The minimum Gasteiger partial charge on any atom is -0.329 e. The van der Waals surface area contributed by atoms with Crippen LogP contribution in [0.15, 0.2) is 71.2 Å². The van der Waals surface area contributed by atoms with E-state index in [4.69, 9.17) is 0 Å². The smallest absolute Gasteiger partial charge is 0.261 e. The molecule has 0 N–H and O–H groups in total. The van der Waals surface area contributed by atoms with Crippen LogP contribution in [0.1, 0.15) is 42.2 Å². The first-order valence-electron chi connectivity index (χ1n) is 10.2. The molecule has 0 aromatic heterocycles. The van der Waals surface area contributed by atoms with E-state index < -0.39 is 6.04 Å². The topological polar surface area (TPSA) is 57.7 Å². The van der Waals surface area contributed by atoms with Gasteiger partial charge in [0.2, 0.25) is 0 Å². The van der Waals surface area contributed by atoms with Gasteiger partial charge in [0.15, 0.2) is 0 Å². The number of fused-ring (bicyclic) bond motifs is 2. The number of hydrogen-bond donors (Lipinski definition) is 0. The zero-order chi connectivity index (χ0) is 22.4. The van der Waals surface area contributed by atoms with Gasteiger partial charge in [0.1, 0.15) is 5.82 Å². The Balaban J connectivity index is 1.48. The van der Waals surface area contributed by atoms with Gasteiger partial charge in [-0.3, -0.25) is 19.3 Å². The largest absolute Gasteiger partial charge is 0.329 e. The molecule has 1 atom stereocenters. The van der Waals surface area contributed by atoms with Crippen molar-refractivity contribution in [2.45, 2.75) is 19.0 Å². The van der Waals surface area contributed by atoms with Gasteiger partial charge in [0, 0.05) is 16.6 Å². The Labute approximate surface area is 192 Å². The molecule has 2 heterocycles. The van der Waals surface area contributed by atoms with E-state index in [9.17, 15) is 18.8 Å². The molecule has 0 spiro atoms. The number of nitrogens with zero attached hydrogens (tertiary/aromatic N) is 2. The summed E-state index contributed by atoms with van der Waals surface area (Å²) in [5, 5.41) is 0. The van der Waals surface area contributed by atoms with Crippen LogP contribution in [0, 0.1) is 5.82 Å². The maximum atomic E-state index is 13.8. The van der Waals surface area contributed by atoms with Gasteiger partial charge in [0.05, 0.1) is 23.7 Å². The molecule has 0 radical (unpaired) electrons. The van der Waals surface area contributed by atoms with Crippen LogP contribution < -0.4 is 0 Å². The number of amides is 3. The molecule has 3 aromatic rings. The lowest BCUT2D eigenvalue weighted by molar-refractivity contribution is 0.0528. The van der Waals surface area contributed by atoms with E-state index in [2.05, 4.69) is 15.9 Å². The Morgan fingerprint density at radius 3 is 2.25 bits per heavy atom. The second kappa shape index (κ2) is 7.98. The van der Waals surface area contributed by atoms with E-state index in [1.54, 1.807) is 47.4 Å². The number of halogens is 2. The van der Waals surface area contributed by atoms with Gasteiger partial charge in [-0.1, -0.05) is 40.2 Å². The van der Waals surface area contributed by atoms with Crippen LogP contribution in [0.2, 0.25) is 0 Å². The third-order valence-corrected chi connectivity index (χ3v) is 6.47. The third-order valence-electron chi connectivity index (χ3n) is 5.97. The summed E-state index contributed by atoms with van der Waals surface area (Å²) in [5.41, 5.74) is 2.89. The van der Waals surface area contributed by atoms with Gasteiger partial charge >= 0.3 is 0 Å². The number of benzene rings is 3. The zero-order valence-corrected chi connectivity index (χ0v) is 18.5. The predicted octanol–water partition coefficient (Wildman–Crippen LogP) is 4.45. The molecule has 3 aromatic carbocycles. The van der Waals surface area contributed by atoms with Crippen molar-refractivity contribution in [3.05, 3.63) is 105 Å². The summed E-state index contributed by atoms with van der Waals surface area (Å²) in [6.07, 6.45) is 0.312. The Bertz CT molecular complexity index is 1240. The highest BCUT2D eigenvalue weighted by Crippen LogP contribution is 2.30. The number of carbonyl (C=O) groups is 3. The third kappa shape index (κ3) is 3.52. The predicted molar refractivity (Wildman–Crippen MR) is 120 cm³/mol.